The first-order valence-electron chi connectivity index (χ1n) is 8.55. The predicted octanol–water partition coefficient (Wildman–Crippen LogP) is -0.776. The van der Waals surface area contributed by atoms with Gasteiger partial charge in [-0.05, 0) is 6.42 Å². The molecule has 2 rings (SSSR count). The number of nitrogens with zero attached hydrogens (tertiary/aromatic N) is 4. The topological polar surface area (TPSA) is 120 Å². The highest BCUT2D eigenvalue weighted by Gasteiger charge is 2.29. The number of hydrogen-bond donors (Lipinski definition) is 2. The molecule has 1 saturated heterocycles. The highest BCUT2D eigenvalue weighted by Crippen LogP contribution is 2.12. The number of guanidine groups is 1. The van der Waals surface area contributed by atoms with E-state index in [0.29, 0.717) is 44.4 Å². The Kier molecular flexibility index (Phi) is 7.39. The van der Waals surface area contributed by atoms with Crippen LogP contribution < -0.4 is 10.6 Å². The maximum atomic E-state index is 12.4. The Morgan fingerprint density at radius 3 is 2.62 bits per heavy atom. The van der Waals surface area contributed by atoms with Gasteiger partial charge in [0, 0.05) is 45.8 Å². The lowest BCUT2D eigenvalue weighted by Gasteiger charge is -2.35. The van der Waals surface area contributed by atoms with Gasteiger partial charge in [0.2, 0.25) is 15.9 Å². The van der Waals surface area contributed by atoms with Crippen molar-refractivity contribution in [3.05, 3.63) is 18.0 Å². The van der Waals surface area contributed by atoms with Crippen LogP contribution in [0.4, 0.5) is 0 Å². The molecule has 0 bridgehead atoms. The molecule has 1 aliphatic rings. The maximum Gasteiger partial charge on any atom is 0.239 e. The molecule has 26 heavy (non-hydrogen) atoms. The van der Waals surface area contributed by atoms with Crippen molar-refractivity contribution in [2.24, 2.45) is 4.99 Å². The summed E-state index contributed by atoms with van der Waals surface area (Å²) in [6.45, 7) is 4.45. The Morgan fingerprint density at radius 2 is 2.04 bits per heavy atom. The van der Waals surface area contributed by atoms with E-state index in [4.69, 9.17) is 0 Å². The third-order valence-electron chi connectivity index (χ3n) is 3.94. The minimum absolute atomic E-state index is 0.0955. The quantitative estimate of drug-likeness (QED) is 0.466. The van der Waals surface area contributed by atoms with Gasteiger partial charge in [0.25, 0.3) is 0 Å². The van der Waals surface area contributed by atoms with Crippen LogP contribution in [0.3, 0.4) is 0 Å². The number of nitrogens with one attached hydrogen (secondary N) is 2. The summed E-state index contributed by atoms with van der Waals surface area (Å²) in [4.78, 5) is 17.8. The van der Waals surface area contributed by atoms with Crippen molar-refractivity contribution < 1.29 is 17.7 Å². The number of aliphatic imine (C=N–C) groups is 1. The van der Waals surface area contributed by atoms with E-state index in [1.54, 1.807) is 13.1 Å². The van der Waals surface area contributed by atoms with Crippen LogP contribution in [0.5, 0.6) is 0 Å². The summed E-state index contributed by atoms with van der Waals surface area (Å²) in [7, 11) is -1.80. The van der Waals surface area contributed by atoms with Gasteiger partial charge in [0.1, 0.15) is 12.0 Å². The Balaban J connectivity index is 1.83. The highest BCUT2D eigenvalue weighted by atomic mass is 32.2. The fourth-order valence-corrected chi connectivity index (χ4v) is 4.01. The molecule has 0 spiro atoms. The van der Waals surface area contributed by atoms with Crippen molar-refractivity contribution >= 4 is 21.9 Å². The molecule has 1 aromatic heterocycles. The number of carbonyl (C=O) groups is 1. The summed E-state index contributed by atoms with van der Waals surface area (Å²) in [5, 5.41) is 9.45. The van der Waals surface area contributed by atoms with Crippen LogP contribution >= 0.6 is 0 Å². The number of sulfonamides is 1. The zero-order valence-corrected chi connectivity index (χ0v) is 16.0. The van der Waals surface area contributed by atoms with E-state index in [2.05, 4.69) is 25.3 Å². The molecule has 1 aliphatic heterocycles. The molecule has 1 aromatic rings. The number of piperazine rings is 1. The van der Waals surface area contributed by atoms with Crippen LogP contribution in [0.1, 0.15) is 19.0 Å². The van der Waals surface area contributed by atoms with E-state index in [0.717, 1.165) is 6.42 Å². The predicted molar refractivity (Wildman–Crippen MR) is 96.9 cm³/mol. The Hall–Kier alpha value is -2.14. The third kappa shape index (κ3) is 5.70. The maximum absolute atomic E-state index is 12.4. The molecule has 0 unspecified atom stereocenters. The molecule has 11 heteroatoms. The second kappa shape index (κ2) is 9.53. The van der Waals surface area contributed by atoms with Gasteiger partial charge in [-0.15, -0.1) is 0 Å². The smallest absolute Gasteiger partial charge is 0.239 e. The van der Waals surface area contributed by atoms with E-state index < -0.39 is 10.0 Å². The molecule has 10 nitrogen and oxygen atoms in total. The van der Waals surface area contributed by atoms with Crippen molar-refractivity contribution in [2.75, 3.05) is 46.3 Å². The van der Waals surface area contributed by atoms with Crippen molar-refractivity contribution in [3.8, 4) is 0 Å². The minimum Gasteiger partial charge on any atom is -0.364 e. The van der Waals surface area contributed by atoms with E-state index >= 15 is 0 Å². The largest absolute Gasteiger partial charge is 0.364 e. The summed E-state index contributed by atoms with van der Waals surface area (Å²) in [6.07, 6.45) is 2.24. The summed E-state index contributed by atoms with van der Waals surface area (Å²) in [5.74, 6) is 0.320. The van der Waals surface area contributed by atoms with Crippen LogP contribution in [-0.4, -0.2) is 81.0 Å². The Labute approximate surface area is 153 Å². The zero-order chi connectivity index (χ0) is 19.0. The number of rotatable bonds is 7. The highest BCUT2D eigenvalue weighted by molar-refractivity contribution is 7.88. The standard InChI is InChI=1S/C15H26N6O4S/c1-3-5-17-14(22)11-18-15(16-2)20-6-8-21(9-7-20)26(23,24)12-13-4-10-25-19-13/h4,10H,3,5-9,11-12H2,1-2H3,(H,16,18)(H,17,22). The summed E-state index contributed by atoms with van der Waals surface area (Å²) in [5.41, 5.74) is 0.392. The monoisotopic (exact) mass is 386 g/mol. The van der Waals surface area contributed by atoms with Gasteiger partial charge < -0.3 is 20.1 Å². The van der Waals surface area contributed by atoms with E-state index in [1.807, 2.05) is 11.8 Å². The number of aromatic nitrogens is 1. The van der Waals surface area contributed by atoms with Gasteiger partial charge in [-0.3, -0.25) is 9.79 Å². The Bertz CT molecular complexity index is 696. The van der Waals surface area contributed by atoms with Gasteiger partial charge in [-0.2, -0.15) is 4.31 Å². The number of hydrogen-bond acceptors (Lipinski definition) is 6. The van der Waals surface area contributed by atoms with Crippen molar-refractivity contribution in [1.29, 1.82) is 0 Å². The molecule has 0 saturated carbocycles. The minimum atomic E-state index is -3.44. The van der Waals surface area contributed by atoms with Crippen LogP contribution in [0.25, 0.3) is 0 Å². The van der Waals surface area contributed by atoms with Crippen LogP contribution in [0.15, 0.2) is 21.8 Å². The lowest BCUT2D eigenvalue weighted by Crippen LogP contribution is -2.54. The first-order valence-corrected chi connectivity index (χ1v) is 10.2. The second-order valence-corrected chi connectivity index (χ2v) is 7.85. The van der Waals surface area contributed by atoms with Gasteiger partial charge in [0.15, 0.2) is 5.96 Å². The SMILES string of the molecule is CCCNC(=O)CNC(=NC)N1CCN(S(=O)(=O)Cc2ccon2)CC1. The summed E-state index contributed by atoms with van der Waals surface area (Å²) < 4.78 is 31.0. The normalized spacial score (nSPS) is 16.5. The van der Waals surface area contributed by atoms with Crippen molar-refractivity contribution in [1.82, 2.24) is 25.0 Å². The lowest BCUT2D eigenvalue weighted by atomic mass is 10.4. The average Bonchev–Trinajstić information content (AvgIpc) is 3.13. The molecule has 0 aromatic carbocycles. The van der Waals surface area contributed by atoms with Gasteiger partial charge in [0.05, 0.1) is 12.2 Å². The first-order chi connectivity index (χ1) is 12.5. The number of carbonyl (C=O) groups excluding carboxylic acids is 1. The molecule has 0 atom stereocenters. The van der Waals surface area contributed by atoms with E-state index in [9.17, 15) is 13.2 Å². The van der Waals surface area contributed by atoms with Gasteiger partial charge >= 0.3 is 0 Å². The Morgan fingerprint density at radius 1 is 1.31 bits per heavy atom. The zero-order valence-electron chi connectivity index (χ0n) is 15.1. The summed E-state index contributed by atoms with van der Waals surface area (Å²) >= 11 is 0. The molecule has 1 amide bonds. The van der Waals surface area contributed by atoms with Gasteiger partial charge in [-0.25, -0.2) is 8.42 Å². The molecule has 0 aliphatic carbocycles. The first kappa shape index (κ1) is 20.2. The molecular formula is C15H26N6O4S. The third-order valence-corrected chi connectivity index (χ3v) is 5.76. The van der Waals surface area contributed by atoms with E-state index in [-0.39, 0.29) is 18.2 Å². The summed E-state index contributed by atoms with van der Waals surface area (Å²) in [6, 6.07) is 1.54. The van der Waals surface area contributed by atoms with E-state index in [1.165, 1.54) is 10.6 Å². The molecule has 2 heterocycles. The van der Waals surface area contributed by atoms with Crippen molar-refractivity contribution in [2.45, 2.75) is 19.1 Å². The van der Waals surface area contributed by atoms with Crippen molar-refractivity contribution in [3.63, 3.8) is 0 Å². The molecule has 1 fully saturated rings. The molecular weight excluding hydrogens is 360 g/mol. The van der Waals surface area contributed by atoms with Crippen LogP contribution in [-0.2, 0) is 20.6 Å². The molecule has 146 valence electrons. The molecule has 2 N–H and O–H groups in total. The second-order valence-electron chi connectivity index (χ2n) is 5.88. The lowest BCUT2D eigenvalue weighted by molar-refractivity contribution is -0.120. The molecule has 0 radical (unpaired) electrons. The average molecular weight is 386 g/mol. The van der Waals surface area contributed by atoms with Gasteiger partial charge in [-0.1, -0.05) is 12.1 Å². The fourth-order valence-electron chi connectivity index (χ4n) is 2.59. The van der Waals surface area contributed by atoms with Crippen LogP contribution in [0, 0.1) is 0 Å². The fraction of sp³-hybridized carbons (Fsp3) is 0.667. The van der Waals surface area contributed by atoms with Crippen LogP contribution in [0.2, 0.25) is 0 Å². The number of amides is 1.